The van der Waals surface area contributed by atoms with E-state index in [-0.39, 0.29) is 0 Å². The summed E-state index contributed by atoms with van der Waals surface area (Å²) in [4.78, 5) is 13.0. The van der Waals surface area contributed by atoms with Crippen LogP contribution in [0.3, 0.4) is 0 Å². The van der Waals surface area contributed by atoms with Crippen LogP contribution in [-0.2, 0) is 17.9 Å². The van der Waals surface area contributed by atoms with Gasteiger partial charge in [-0.2, -0.15) is 0 Å². The first-order valence-corrected chi connectivity index (χ1v) is 7.95. The van der Waals surface area contributed by atoms with E-state index in [1.807, 2.05) is 11.9 Å². The third-order valence-electron chi connectivity index (χ3n) is 4.60. The van der Waals surface area contributed by atoms with E-state index in [9.17, 15) is 4.79 Å². The number of aliphatic carboxylic acids is 1. The smallest absolute Gasteiger partial charge is 0.320 e. The molecule has 3 rings (SSSR count). The summed E-state index contributed by atoms with van der Waals surface area (Å²) in [5.41, 5.74) is 3.60. The number of aryl methyl sites for hydroxylation is 1. The fourth-order valence-electron chi connectivity index (χ4n) is 3.15. The predicted molar refractivity (Wildman–Crippen MR) is 93.7 cm³/mol. The van der Waals surface area contributed by atoms with Crippen molar-refractivity contribution in [1.82, 2.24) is 9.47 Å². The van der Waals surface area contributed by atoms with Gasteiger partial charge in [-0.15, -0.1) is 0 Å². The lowest BCUT2D eigenvalue weighted by molar-refractivity contribution is -0.142. The molecule has 4 heteroatoms. The lowest BCUT2D eigenvalue weighted by Crippen LogP contribution is -2.35. The van der Waals surface area contributed by atoms with Crippen molar-refractivity contribution in [2.24, 2.45) is 0 Å². The summed E-state index contributed by atoms with van der Waals surface area (Å²) in [6, 6.07) is 14.4. The van der Waals surface area contributed by atoms with Gasteiger partial charge in [0.25, 0.3) is 0 Å². The molecule has 23 heavy (non-hydrogen) atoms. The van der Waals surface area contributed by atoms with Gasteiger partial charge in [-0.3, -0.25) is 9.69 Å². The molecule has 0 radical (unpaired) electrons. The van der Waals surface area contributed by atoms with E-state index in [0.29, 0.717) is 6.54 Å². The number of hydrogen-bond acceptors (Lipinski definition) is 2. The topological polar surface area (TPSA) is 45.5 Å². The van der Waals surface area contributed by atoms with Gasteiger partial charge in [-0.05, 0) is 44.7 Å². The number of fused-ring (bicyclic) bond motifs is 3. The summed E-state index contributed by atoms with van der Waals surface area (Å²) in [7, 11) is 1.85. The highest BCUT2D eigenvalue weighted by Crippen LogP contribution is 2.30. The summed E-state index contributed by atoms with van der Waals surface area (Å²) in [5.74, 6) is -0.795. The number of hydrogen-bond donors (Lipinski definition) is 1. The van der Waals surface area contributed by atoms with Gasteiger partial charge in [0.2, 0.25) is 0 Å². The van der Waals surface area contributed by atoms with Gasteiger partial charge in [-0.1, -0.05) is 24.3 Å². The maximum Gasteiger partial charge on any atom is 0.320 e. The van der Waals surface area contributed by atoms with Crippen LogP contribution in [0.15, 0.2) is 42.5 Å². The number of rotatable bonds is 5. The van der Waals surface area contributed by atoms with Crippen molar-refractivity contribution in [1.29, 1.82) is 0 Å². The maximum atomic E-state index is 11.1. The predicted octanol–water partition coefficient (Wildman–Crippen LogP) is 3.72. The molecule has 0 aliphatic rings. The summed E-state index contributed by atoms with van der Waals surface area (Å²) >= 11 is 0. The van der Waals surface area contributed by atoms with Gasteiger partial charge >= 0.3 is 5.97 Å². The highest BCUT2D eigenvalue weighted by molar-refractivity contribution is 6.08. The zero-order valence-electron chi connectivity index (χ0n) is 13.8. The van der Waals surface area contributed by atoms with Gasteiger partial charge in [0.15, 0.2) is 0 Å². The molecule has 0 amide bonds. The molecular formula is C19H22N2O2. The third-order valence-corrected chi connectivity index (χ3v) is 4.60. The number of carbonyl (C=O) groups is 1. The molecule has 1 unspecified atom stereocenters. The minimum Gasteiger partial charge on any atom is -0.480 e. The van der Waals surface area contributed by atoms with Crippen LogP contribution >= 0.6 is 0 Å². The average Bonchev–Trinajstić information content (AvgIpc) is 2.87. The third kappa shape index (κ3) is 2.70. The fraction of sp³-hybridized carbons (Fsp3) is 0.316. The molecule has 0 spiro atoms. The van der Waals surface area contributed by atoms with Crippen molar-refractivity contribution in [2.45, 2.75) is 33.0 Å². The monoisotopic (exact) mass is 310 g/mol. The quantitative estimate of drug-likeness (QED) is 0.781. The summed E-state index contributed by atoms with van der Waals surface area (Å²) in [6.07, 6.45) is 0. The van der Waals surface area contributed by atoms with Gasteiger partial charge in [0, 0.05) is 34.9 Å². The molecular weight excluding hydrogens is 288 g/mol. The fourth-order valence-corrected chi connectivity index (χ4v) is 3.15. The van der Waals surface area contributed by atoms with Gasteiger partial charge in [-0.25, -0.2) is 0 Å². The molecule has 3 aromatic rings. The van der Waals surface area contributed by atoms with Crippen LogP contribution in [0.25, 0.3) is 21.8 Å². The van der Waals surface area contributed by atoms with E-state index in [2.05, 4.69) is 54.0 Å². The molecule has 4 nitrogen and oxygen atoms in total. The van der Waals surface area contributed by atoms with E-state index in [4.69, 9.17) is 5.11 Å². The lowest BCUT2D eigenvalue weighted by Gasteiger charge is -2.21. The zero-order chi connectivity index (χ0) is 16.6. The molecule has 1 heterocycles. The molecule has 0 fully saturated rings. The number of carboxylic acids is 1. The van der Waals surface area contributed by atoms with E-state index in [1.165, 1.54) is 21.8 Å². The SMILES string of the molecule is CCn1c2ccccc2c2cc(CN(C)C(C)C(=O)O)ccc21. The maximum absolute atomic E-state index is 11.1. The second-order valence-electron chi connectivity index (χ2n) is 6.04. The van der Waals surface area contributed by atoms with Crippen LogP contribution in [0.5, 0.6) is 0 Å². The Hall–Kier alpha value is -2.33. The number of benzene rings is 2. The van der Waals surface area contributed by atoms with Crippen molar-refractivity contribution >= 4 is 27.8 Å². The molecule has 0 aliphatic carbocycles. The number of carboxylic acid groups (broad SMARTS) is 1. The molecule has 1 atom stereocenters. The minimum absolute atomic E-state index is 0.498. The first kappa shape index (κ1) is 15.6. The van der Waals surface area contributed by atoms with Crippen LogP contribution < -0.4 is 0 Å². The molecule has 1 aromatic heterocycles. The highest BCUT2D eigenvalue weighted by atomic mass is 16.4. The van der Waals surface area contributed by atoms with E-state index in [0.717, 1.165) is 12.1 Å². The number of para-hydroxylation sites is 1. The summed E-state index contributed by atoms with van der Waals surface area (Å²) in [5, 5.41) is 11.6. The van der Waals surface area contributed by atoms with Crippen molar-refractivity contribution in [3.63, 3.8) is 0 Å². The summed E-state index contributed by atoms with van der Waals surface area (Å²) < 4.78 is 2.32. The van der Waals surface area contributed by atoms with Crippen molar-refractivity contribution in [3.8, 4) is 0 Å². The van der Waals surface area contributed by atoms with E-state index in [1.54, 1.807) is 6.92 Å². The van der Waals surface area contributed by atoms with Gasteiger partial charge in [0.05, 0.1) is 0 Å². The normalized spacial score (nSPS) is 13.0. The van der Waals surface area contributed by atoms with Crippen LogP contribution in [0.4, 0.5) is 0 Å². The molecule has 0 aliphatic heterocycles. The average molecular weight is 310 g/mol. The second-order valence-corrected chi connectivity index (χ2v) is 6.04. The Morgan fingerprint density at radius 1 is 1.17 bits per heavy atom. The standard InChI is InChI=1S/C19H22N2O2/c1-4-21-17-8-6-5-7-15(17)16-11-14(9-10-18(16)21)12-20(3)13(2)19(22)23/h5-11,13H,4,12H2,1-3H3,(H,22,23). The highest BCUT2D eigenvalue weighted by Gasteiger charge is 2.17. The molecule has 0 saturated carbocycles. The van der Waals surface area contributed by atoms with E-state index >= 15 is 0 Å². The summed E-state index contributed by atoms with van der Waals surface area (Å²) in [6.45, 7) is 5.42. The Balaban J connectivity index is 2.05. The van der Waals surface area contributed by atoms with Gasteiger partial charge in [0.1, 0.15) is 6.04 Å². The van der Waals surface area contributed by atoms with Crippen LogP contribution in [-0.4, -0.2) is 33.6 Å². The second kappa shape index (κ2) is 6.05. The zero-order valence-corrected chi connectivity index (χ0v) is 13.8. The van der Waals surface area contributed by atoms with Crippen LogP contribution in [0.2, 0.25) is 0 Å². The Labute approximate surface area is 135 Å². The molecule has 0 bridgehead atoms. The minimum atomic E-state index is -0.795. The van der Waals surface area contributed by atoms with Crippen molar-refractivity contribution < 1.29 is 9.90 Å². The largest absolute Gasteiger partial charge is 0.480 e. The Morgan fingerprint density at radius 2 is 1.87 bits per heavy atom. The lowest BCUT2D eigenvalue weighted by atomic mass is 10.1. The van der Waals surface area contributed by atoms with Crippen LogP contribution in [0.1, 0.15) is 19.4 Å². The Morgan fingerprint density at radius 3 is 2.57 bits per heavy atom. The number of nitrogens with zero attached hydrogens (tertiary/aromatic N) is 2. The van der Waals surface area contributed by atoms with Crippen molar-refractivity contribution in [2.75, 3.05) is 7.05 Å². The van der Waals surface area contributed by atoms with Crippen LogP contribution in [0, 0.1) is 0 Å². The van der Waals surface area contributed by atoms with Gasteiger partial charge < -0.3 is 9.67 Å². The first-order valence-electron chi connectivity index (χ1n) is 7.95. The number of aromatic nitrogens is 1. The molecule has 1 N–H and O–H groups in total. The molecule has 2 aromatic carbocycles. The van der Waals surface area contributed by atoms with E-state index < -0.39 is 12.0 Å². The number of likely N-dealkylation sites (N-methyl/N-ethyl adjacent to an activating group) is 1. The first-order chi connectivity index (χ1) is 11.0. The molecule has 0 saturated heterocycles. The Kier molecular flexibility index (Phi) is 4.09. The molecule has 120 valence electrons. The Bertz CT molecular complexity index is 866. The van der Waals surface area contributed by atoms with Crippen molar-refractivity contribution in [3.05, 3.63) is 48.0 Å².